The van der Waals surface area contributed by atoms with Gasteiger partial charge in [-0.1, -0.05) is 43.7 Å². The fourth-order valence-corrected chi connectivity index (χ4v) is 8.20. The number of ether oxygens (including phenoxy) is 2. The molecule has 0 unspecified atom stereocenters. The summed E-state index contributed by atoms with van der Waals surface area (Å²) in [7, 11) is 0. The number of carbonyl (C=O) groups is 8. The third-order valence-electron chi connectivity index (χ3n) is 12.0. The number of hydrogen-bond donors (Lipinski definition) is 7. The maximum atomic E-state index is 14.8. The summed E-state index contributed by atoms with van der Waals surface area (Å²) in [6.45, 7) is -0.464. The van der Waals surface area contributed by atoms with Crippen LogP contribution in [-0.2, 0) is 79.6 Å². The number of fused-ring (bicyclic) bond motifs is 5. The van der Waals surface area contributed by atoms with Crippen molar-refractivity contribution in [3.8, 4) is 11.4 Å². The Labute approximate surface area is 393 Å². The summed E-state index contributed by atoms with van der Waals surface area (Å²) in [6.07, 6.45) is 4.05. The van der Waals surface area contributed by atoms with Crippen LogP contribution in [0.3, 0.4) is 0 Å². The monoisotopic (exact) mass is 951 g/mol. The van der Waals surface area contributed by atoms with Gasteiger partial charge in [0.2, 0.25) is 29.5 Å². The first-order valence-corrected chi connectivity index (χ1v) is 22.2. The molecule has 4 aromatic rings. The molecule has 21 nitrogen and oxygen atoms in total. The minimum atomic E-state index is -2.06. The van der Waals surface area contributed by atoms with Crippen molar-refractivity contribution in [3.05, 3.63) is 105 Å². The topological polar surface area (TPSA) is 300 Å². The normalized spacial score (nSPS) is 16.0. The summed E-state index contributed by atoms with van der Waals surface area (Å²) >= 11 is 0. The maximum absolute atomic E-state index is 14.8. The molecule has 362 valence electrons. The zero-order valence-corrected chi connectivity index (χ0v) is 37.5. The van der Waals surface area contributed by atoms with Gasteiger partial charge in [-0.25, -0.2) is 14.2 Å². The number of halogens is 1. The summed E-state index contributed by atoms with van der Waals surface area (Å²) in [5, 5.41) is 24.1. The van der Waals surface area contributed by atoms with Crippen LogP contribution in [0.5, 0.6) is 0 Å². The number of unbranched alkanes of at least 4 members (excludes halogenated alkanes) is 2. The lowest BCUT2D eigenvalue weighted by atomic mass is 9.86. The second-order valence-electron chi connectivity index (χ2n) is 16.6. The highest BCUT2D eigenvalue weighted by molar-refractivity contribution is 6.12. The molecule has 0 aliphatic carbocycles. The predicted octanol–water partition coefficient (Wildman–Crippen LogP) is -0.0473. The summed E-state index contributed by atoms with van der Waals surface area (Å²) in [5.41, 5.74) is 5.93. The Bertz CT molecular complexity index is 2820. The fraction of sp³-hybridized carbons (Fsp3) is 0.362. The molecule has 2 aromatic heterocycles. The van der Waals surface area contributed by atoms with E-state index in [9.17, 15) is 52.6 Å². The molecule has 5 heterocycles. The molecule has 2 atom stereocenters. The molecule has 0 fully saturated rings. The molecule has 0 bridgehead atoms. The minimum Gasteiger partial charge on any atom is -0.458 e. The Morgan fingerprint density at radius 3 is 2.32 bits per heavy atom. The quantitative estimate of drug-likeness (QED) is 0.0167. The smallest absolute Gasteiger partial charge is 0.343 e. The Hall–Kier alpha value is -7.85. The van der Waals surface area contributed by atoms with Crippen LogP contribution in [0, 0.1) is 5.82 Å². The molecule has 22 heteroatoms. The molecular formula is C47H50FN9O12. The Kier molecular flexibility index (Phi) is 15.2. The fourth-order valence-electron chi connectivity index (χ4n) is 8.20. The molecule has 7 amide bonds. The lowest BCUT2D eigenvalue weighted by molar-refractivity contribution is -0.172. The highest BCUT2D eigenvalue weighted by atomic mass is 19.1. The Morgan fingerprint density at radius 1 is 0.884 bits per heavy atom. The molecule has 0 spiro atoms. The summed E-state index contributed by atoms with van der Waals surface area (Å²) < 4.78 is 27.2. The van der Waals surface area contributed by atoms with E-state index < -0.39 is 78.2 Å². The lowest BCUT2D eigenvalue weighted by Gasteiger charge is -2.31. The van der Waals surface area contributed by atoms with Crippen molar-refractivity contribution in [2.45, 2.75) is 76.9 Å². The highest BCUT2D eigenvalue weighted by Crippen LogP contribution is 2.41. The number of aromatic nitrogens is 2. The van der Waals surface area contributed by atoms with Crippen LogP contribution in [0.1, 0.15) is 66.8 Å². The van der Waals surface area contributed by atoms with Gasteiger partial charge in [-0.05, 0) is 42.5 Å². The molecule has 0 saturated heterocycles. The van der Waals surface area contributed by atoms with Gasteiger partial charge in [-0.3, -0.25) is 43.3 Å². The molecule has 3 aliphatic rings. The number of nitrogens with two attached hydrogens (primary N) is 1. The molecule has 3 aliphatic heterocycles. The average molecular weight is 952 g/mol. The van der Waals surface area contributed by atoms with Crippen molar-refractivity contribution in [3.63, 3.8) is 0 Å². The number of anilines is 1. The first kappa shape index (κ1) is 49.1. The number of hydrogen-bond acceptors (Lipinski definition) is 14. The maximum Gasteiger partial charge on any atom is 0.343 e. The number of cyclic esters (lactones) is 1. The lowest BCUT2D eigenvalue weighted by Crippen LogP contribution is -2.52. The number of nitrogens with zero attached hydrogens (tertiary/aromatic N) is 3. The van der Waals surface area contributed by atoms with E-state index in [1.54, 1.807) is 37.3 Å². The number of rotatable bonds is 21. The molecule has 7 rings (SSSR count). The van der Waals surface area contributed by atoms with Gasteiger partial charge >= 0.3 is 5.97 Å². The van der Waals surface area contributed by atoms with Crippen LogP contribution in [0.2, 0.25) is 0 Å². The van der Waals surface area contributed by atoms with Crippen molar-refractivity contribution >= 4 is 63.9 Å². The average Bonchev–Trinajstić information content (AvgIpc) is 3.87. The Morgan fingerprint density at radius 2 is 1.58 bits per heavy atom. The van der Waals surface area contributed by atoms with Crippen LogP contribution >= 0.6 is 0 Å². The standard InChI is InChI=1S/C47H50FN9O12/c1-2-47(67)31-17-36-43-28(22-57(36)45(65)30(31)24-69-46(47)66)29(27-16-33(49)32(48)18-34(27)55-43)23-68-25-53-39(60)20-52-44(64)35(15-26-9-5-3-6-10-26)54-40(61)21-51-38(59)19-50-37(58)11-7-4-8-14-56-41(62)12-13-42(56)63/h3,5-6,9-10,12-13,16-18,35,67H,2,4,7-8,11,14-15,19-25,49H2,1H3,(H,50,58)(H,51,59)(H,52,64)(H,53,60)(H,54,61)/t35-,47-/m0/s1. The van der Waals surface area contributed by atoms with Gasteiger partial charge in [0, 0.05) is 54.1 Å². The highest BCUT2D eigenvalue weighted by Gasteiger charge is 2.45. The third-order valence-corrected chi connectivity index (χ3v) is 12.0. The molecular weight excluding hydrogens is 902 g/mol. The predicted molar refractivity (Wildman–Crippen MR) is 242 cm³/mol. The van der Waals surface area contributed by atoms with Crippen LogP contribution in [0.25, 0.3) is 22.3 Å². The second-order valence-corrected chi connectivity index (χ2v) is 16.6. The van der Waals surface area contributed by atoms with E-state index >= 15 is 0 Å². The second kappa shape index (κ2) is 21.4. The van der Waals surface area contributed by atoms with E-state index in [0.717, 1.165) is 11.0 Å². The number of amides is 7. The van der Waals surface area contributed by atoms with E-state index in [2.05, 4.69) is 31.6 Å². The summed E-state index contributed by atoms with van der Waals surface area (Å²) in [5.74, 6) is -5.49. The van der Waals surface area contributed by atoms with Gasteiger partial charge in [-0.15, -0.1) is 0 Å². The van der Waals surface area contributed by atoms with Crippen molar-refractivity contribution in [1.82, 2.24) is 41.0 Å². The molecule has 2 aromatic carbocycles. The number of pyridine rings is 2. The van der Waals surface area contributed by atoms with Crippen LogP contribution in [0.4, 0.5) is 10.1 Å². The third kappa shape index (κ3) is 11.1. The van der Waals surface area contributed by atoms with Crippen molar-refractivity contribution in [2.75, 3.05) is 38.6 Å². The number of benzene rings is 2. The number of carbonyl (C=O) groups excluding carboxylic acids is 8. The first-order chi connectivity index (χ1) is 33.1. The molecule has 0 saturated carbocycles. The first-order valence-electron chi connectivity index (χ1n) is 22.2. The number of esters is 1. The number of imide groups is 1. The van der Waals surface area contributed by atoms with Gasteiger partial charge in [0.1, 0.15) is 25.2 Å². The zero-order chi connectivity index (χ0) is 49.4. The van der Waals surface area contributed by atoms with Gasteiger partial charge in [0.05, 0.1) is 60.9 Å². The van der Waals surface area contributed by atoms with Gasteiger partial charge in [-0.2, -0.15) is 0 Å². The van der Waals surface area contributed by atoms with Crippen molar-refractivity contribution in [2.24, 2.45) is 0 Å². The van der Waals surface area contributed by atoms with E-state index in [-0.39, 0.29) is 86.4 Å². The van der Waals surface area contributed by atoms with Gasteiger partial charge < -0.3 is 51.5 Å². The van der Waals surface area contributed by atoms with E-state index in [1.165, 1.54) is 28.9 Å². The summed E-state index contributed by atoms with van der Waals surface area (Å²) in [4.78, 5) is 119. The largest absolute Gasteiger partial charge is 0.458 e. The van der Waals surface area contributed by atoms with Gasteiger partial charge in [0.25, 0.3) is 17.4 Å². The molecule has 8 N–H and O–H groups in total. The summed E-state index contributed by atoms with van der Waals surface area (Å²) in [6, 6.07) is 11.6. The SMILES string of the molecule is CC[C@@]1(O)C(=O)OCc2c1cc1n(c2=O)Cc2c-1nc1cc(F)c(N)cc1c2COCNC(=O)CNC(=O)[C@H](Cc1ccccc1)NC(=O)CNC(=O)CNC(=O)CCCCCN1C(=O)C=CC1=O. The number of aliphatic hydroxyl groups is 1. The van der Waals surface area contributed by atoms with E-state index in [0.29, 0.717) is 52.7 Å². The molecule has 0 radical (unpaired) electrons. The number of nitrogens with one attached hydrogen (secondary N) is 5. The zero-order valence-electron chi connectivity index (χ0n) is 37.5. The minimum absolute atomic E-state index is 0.00915. The van der Waals surface area contributed by atoms with Crippen LogP contribution in [0.15, 0.2) is 65.5 Å². The van der Waals surface area contributed by atoms with E-state index in [4.69, 9.17) is 15.2 Å². The van der Waals surface area contributed by atoms with Crippen LogP contribution < -0.4 is 37.9 Å². The van der Waals surface area contributed by atoms with Crippen LogP contribution in [-0.4, -0.2) is 106 Å². The van der Waals surface area contributed by atoms with Gasteiger partial charge in [0.15, 0.2) is 5.60 Å². The molecule has 69 heavy (non-hydrogen) atoms. The van der Waals surface area contributed by atoms with E-state index in [1.807, 2.05) is 0 Å². The van der Waals surface area contributed by atoms with Crippen molar-refractivity contribution < 1.29 is 57.3 Å². The van der Waals surface area contributed by atoms with Crippen molar-refractivity contribution in [1.29, 1.82) is 0 Å². The Balaban J connectivity index is 0.900. The number of nitrogen functional groups attached to an aromatic ring is 1.